The lowest BCUT2D eigenvalue weighted by Crippen LogP contribution is -2.27. The number of fused-ring (bicyclic) bond motifs is 3. The summed E-state index contributed by atoms with van der Waals surface area (Å²) >= 11 is 6.33. The minimum absolute atomic E-state index is 0.622. The maximum Gasteiger partial charge on any atom is 0.142 e. The van der Waals surface area contributed by atoms with Gasteiger partial charge in [0.25, 0.3) is 0 Å². The Morgan fingerprint density at radius 3 is 1.85 bits per heavy atom. The lowest BCUT2D eigenvalue weighted by Gasteiger charge is -2.29. The zero-order chi connectivity index (χ0) is 18.4. The molecule has 1 aliphatic carbocycles. The van der Waals surface area contributed by atoms with E-state index in [0.717, 1.165) is 38.9 Å². The molecule has 4 aromatic carbocycles. The van der Waals surface area contributed by atoms with E-state index >= 15 is 0 Å². The van der Waals surface area contributed by atoms with E-state index in [1.54, 1.807) is 0 Å². The Morgan fingerprint density at radius 1 is 0.556 bits per heavy atom. The Balaban J connectivity index is 1.86. The van der Waals surface area contributed by atoms with Crippen LogP contribution in [0.25, 0.3) is 22.3 Å². The van der Waals surface area contributed by atoms with Gasteiger partial charge in [0.05, 0.1) is 0 Å². The second kappa shape index (κ2) is 6.09. The topological polar surface area (TPSA) is 20.2 Å². The lowest BCUT2D eigenvalue weighted by atomic mass is 9.80. The summed E-state index contributed by atoms with van der Waals surface area (Å²) in [6, 6.07) is 32.1. The second-order valence-corrected chi connectivity index (χ2v) is 7.29. The fraction of sp³-hybridized carbons (Fsp3) is 0.0400. The molecule has 1 nitrogen and oxygen atoms in total. The van der Waals surface area contributed by atoms with Crippen molar-refractivity contribution in [1.29, 1.82) is 0 Å². The highest BCUT2D eigenvalue weighted by Crippen LogP contribution is 2.53. The average molecular weight is 369 g/mol. The summed E-state index contributed by atoms with van der Waals surface area (Å²) in [6.45, 7) is 0. The summed E-state index contributed by atoms with van der Waals surface area (Å²) in [7, 11) is 0. The highest BCUT2D eigenvalue weighted by Gasteiger charge is 2.44. The highest BCUT2D eigenvalue weighted by atomic mass is 35.5. The van der Waals surface area contributed by atoms with E-state index in [1.807, 2.05) is 72.8 Å². The quantitative estimate of drug-likeness (QED) is 0.442. The van der Waals surface area contributed by atoms with Gasteiger partial charge >= 0.3 is 0 Å². The molecule has 4 aromatic rings. The third-order valence-corrected chi connectivity index (χ3v) is 5.62. The smallest absolute Gasteiger partial charge is 0.142 e. The van der Waals surface area contributed by atoms with Crippen molar-refractivity contribution in [3.63, 3.8) is 0 Å². The minimum atomic E-state index is -1.25. The zero-order valence-corrected chi connectivity index (χ0v) is 15.3. The molecule has 1 aliphatic rings. The molecule has 0 amide bonds. The summed E-state index contributed by atoms with van der Waals surface area (Å²) in [5, 5.41) is 12.8. The van der Waals surface area contributed by atoms with Crippen molar-refractivity contribution in [2.45, 2.75) is 5.60 Å². The summed E-state index contributed by atoms with van der Waals surface area (Å²) in [6.07, 6.45) is 0. The molecule has 0 aliphatic heterocycles. The van der Waals surface area contributed by atoms with Crippen molar-refractivity contribution in [2.75, 3.05) is 0 Å². The molecule has 0 bridgehead atoms. The molecule has 2 heteroatoms. The molecule has 1 atom stereocenters. The molecule has 0 saturated carbocycles. The molecule has 0 radical (unpaired) electrons. The first-order chi connectivity index (χ1) is 13.2. The van der Waals surface area contributed by atoms with E-state index in [0.29, 0.717) is 5.02 Å². The van der Waals surface area contributed by atoms with Gasteiger partial charge in [0, 0.05) is 21.7 Å². The molecular weight excluding hydrogens is 352 g/mol. The zero-order valence-electron chi connectivity index (χ0n) is 14.6. The van der Waals surface area contributed by atoms with Crippen LogP contribution in [0.5, 0.6) is 0 Å². The Bertz CT molecular complexity index is 1150. The van der Waals surface area contributed by atoms with Crippen LogP contribution in [-0.2, 0) is 5.60 Å². The standard InChI is InChI=1S/C25H17ClO/c26-18-14-15-21-20-11-5-7-13-23(20)25(27,24(21)16-18)22-12-6-4-10-19(22)17-8-2-1-3-9-17/h1-16,27H. The number of hydrogen-bond acceptors (Lipinski definition) is 1. The molecule has 0 aromatic heterocycles. The lowest BCUT2D eigenvalue weighted by molar-refractivity contribution is 0.131. The van der Waals surface area contributed by atoms with Gasteiger partial charge in [0.2, 0.25) is 0 Å². The van der Waals surface area contributed by atoms with E-state index in [-0.39, 0.29) is 0 Å². The molecule has 1 unspecified atom stereocenters. The predicted octanol–water partition coefficient (Wildman–Crippen LogP) is 6.27. The molecule has 27 heavy (non-hydrogen) atoms. The maximum atomic E-state index is 12.2. The molecule has 0 heterocycles. The molecular formula is C25H17ClO. The molecule has 0 saturated heterocycles. The van der Waals surface area contributed by atoms with Crippen LogP contribution in [-0.4, -0.2) is 5.11 Å². The molecule has 0 fully saturated rings. The van der Waals surface area contributed by atoms with Gasteiger partial charge in [-0.1, -0.05) is 96.5 Å². The van der Waals surface area contributed by atoms with E-state index < -0.39 is 5.60 Å². The molecule has 5 rings (SSSR count). The number of halogens is 1. The van der Waals surface area contributed by atoms with Gasteiger partial charge < -0.3 is 5.11 Å². The Morgan fingerprint density at radius 2 is 1.11 bits per heavy atom. The number of aliphatic hydroxyl groups is 1. The van der Waals surface area contributed by atoms with Crippen LogP contribution in [0, 0.1) is 0 Å². The SMILES string of the molecule is OC1(c2ccccc2-c2ccccc2)c2ccccc2-c2ccc(Cl)cc21. The van der Waals surface area contributed by atoms with Crippen LogP contribution in [0.4, 0.5) is 0 Å². The van der Waals surface area contributed by atoms with Gasteiger partial charge in [-0.2, -0.15) is 0 Å². The predicted molar refractivity (Wildman–Crippen MR) is 111 cm³/mol. The van der Waals surface area contributed by atoms with E-state index in [1.165, 1.54) is 0 Å². The van der Waals surface area contributed by atoms with Crippen LogP contribution >= 0.6 is 11.6 Å². The van der Waals surface area contributed by atoms with E-state index in [9.17, 15) is 5.11 Å². The number of rotatable bonds is 2. The summed E-state index contributed by atoms with van der Waals surface area (Å²) in [4.78, 5) is 0. The Kier molecular flexibility index (Phi) is 3.68. The van der Waals surface area contributed by atoms with Crippen molar-refractivity contribution >= 4 is 11.6 Å². The Hall–Kier alpha value is -2.87. The monoisotopic (exact) mass is 368 g/mol. The van der Waals surface area contributed by atoms with Gasteiger partial charge in [-0.3, -0.25) is 0 Å². The maximum absolute atomic E-state index is 12.2. The normalized spacial score (nSPS) is 17.4. The molecule has 0 spiro atoms. The Labute approximate surface area is 163 Å². The van der Waals surface area contributed by atoms with Gasteiger partial charge in [-0.05, 0) is 34.4 Å². The van der Waals surface area contributed by atoms with Crippen molar-refractivity contribution in [3.8, 4) is 22.3 Å². The highest BCUT2D eigenvalue weighted by molar-refractivity contribution is 6.30. The largest absolute Gasteiger partial charge is 0.376 e. The minimum Gasteiger partial charge on any atom is -0.376 e. The summed E-state index contributed by atoms with van der Waals surface area (Å²) in [5.41, 5.74) is 5.52. The third-order valence-electron chi connectivity index (χ3n) is 5.38. The van der Waals surface area contributed by atoms with Crippen molar-refractivity contribution in [3.05, 3.63) is 119 Å². The number of hydrogen-bond donors (Lipinski definition) is 1. The van der Waals surface area contributed by atoms with Crippen LogP contribution in [0.1, 0.15) is 16.7 Å². The number of benzene rings is 4. The summed E-state index contributed by atoms with van der Waals surface area (Å²) < 4.78 is 0. The second-order valence-electron chi connectivity index (χ2n) is 6.86. The van der Waals surface area contributed by atoms with Gasteiger partial charge in [0.1, 0.15) is 5.60 Å². The first kappa shape index (κ1) is 16.3. The van der Waals surface area contributed by atoms with E-state index in [4.69, 9.17) is 11.6 Å². The molecule has 130 valence electrons. The first-order valence-corrected chi connectivity index (χ1v) is 9.34. The molecule has 1 N–H and O–H groups in total. The van der Waals surface area contributed by atoms with Crippen LogP contribution < -0.4 is 0 Å². The van der Waals surface area contributed by atoms with Gasteiger partial charge in [-0.15, -0.1) is 0 Å². The van der Waals surface area contributed by atoms with Gasteiger partial charge in [0.15, 0.2) is 0 Å². The van der Waals surface area contributed by atoms with Crippen LogP contribution in [0.3, 0.4) is 0 Å². The van der Waals surface area contributed by atoms with Crippen molar-refractivity contribution < 1.29 is 5.11 Å². The van der Waals surface area contributed by atoms with Crippen molar-refractivity contribution in [1.82, 2.24) is 0 Å². The van der Waals surface area contributed by atoms with Crippen LogP contribution in [0.15, 0.2) is 97.1 Å². The summed E-state index contributed by atoms with van der Waals surface area (Å²) in [5.74, 6) is 0. The van der Waals surface area contributed by atoms with Crippen LogP contribution in [0.2, 0.25) is 5.02 Å². The van der Waals surface area contributed by atoms with Crippen molar-refractivity contribution in [2.24, 2.45) is 0 Å². The fourth-order valence-electron chi connectivity index (χ4n) is 4.19. The first-order valence-electron chi connectivity index (χ1n) is 8.97. The average Bonchev–Trinajstić information content (AvgIpc) is 2.98. The fourth-order valence-corrected chi connectivity index (χ4v) is 4.36. The van der Waals surface area contributed by atoms with E-state index in [2.05, 4.69) is 24.3 Å². The van der Waals surface area contributed by atoms with Gasteiger partial charge in [-0.25, -0.2) is 0 Å². The third kappa shape index (κ3) is 2.36.